The average molecular weight is 333 g/mol. The van der Waals surface area contributed by atoms with Crippen molar-refractivity contribution in [1.82, 2.24) is 4.57 Å². The van der Waals surface area contributed by atoms with Crippen molar-refractivity contribution < 1.29 is 14.3 Å². The number of rotatable bonds is 2. The van der Waals surface area contributed by atoms with Gasteiger partial charge in [0.15, 0.2) is 0 Å². The lowest BCUT2D eigenvalue weighted by molar-refractivity contribution is 0.0603. The summed E-state index contributed by atoms with van der Waals surface area (Å²) in [5.41, 5.74) is 4.38. The van der Waals surface area contributed by atoms with Gasteiger partial charge in [0.2, 0.25) is 0 Å². The summed E-state index contributed by atoms with van der Waals surface area (Å²) in [6.45, 7) is 0. The fraction of sp³-hybridized carbons (Fsp3) is 0.238. The van der Waals surface area contributed by atoms with Crippen LogP contribution in [0, 0.1) is 0 Å². The number of nitrogens with zero attached hydrogens (tertiary/aromatic N) is 1. The van der Waals surface area contributed by atoms with E-state index in [1.165, 1.54) is 31.1 Å². The zero-order chi connectivity index (χ0) is 17.4. The van der Waals surface area contributed by atoms with Crippen molar-refractivity contribution in [3.05, 3.63) is 70.9 Å². The number of methoxy groups -OCH3 is 1. The quantitative estimate of drug-likeness (QED) is 0.666. The number of carbonyl (C=O) groups excluding carboxylic acids is 2. The van der Waals surface area contributed by atoms with Crippen molar-refractivity contribution in [1.29, 1.82) is 0 Å². The third-order valence-corrected chi connectivity index (χ3v) is 4.93. The predicted octanol–water partition coefficient (Wildman–Crippen LogP) is 4.00. The molecular formula is C21H19NO3. The fourth-order valence-corrected chi connectivity index (χ4v) is 3.63. The Balaban J connectivity index is 1.82. The number of hydrogen-bond acceptors (Lipinski definition) is 3. The normalized spacial score (nSPS) is 13.5. The minimum absolute atomic E-state index is 0.125. The van der Waals surface area contributed by atoms with Gasteiger partial charge in [-0.1, -0.05) is 24.3 Å². The molecule has 2 aromatic carbocycles. The lowest BCUT2D eigenvalue weighted by Gasteiger charge is -2.16. The van der Waals surface area contributed by atoms with E-state index in [2.05, 4.69) is 6.07 Å². The molecule has 0 atom stereocenters. The smallest absolute Gasteiger partial charge is 0.340 e. The topological polar surface area (TPSA) is 48.3 Å². The molecule has 0 N–H and O–H groups in total. The van der Waals surface area contributed by atoms with Crippen LogP contribution in [0.3, 0.4) is 0 Å². The molecular weight excluding hydrogens is 314 g/mol. The molecule has 0 radical (unpaired) electrons. The van der Waals surface area contributed by atoms with Gasteiger partial charge < -0.3 is 4.74 Å². The van der Waals surface area contributed by atoms with Crippen LogP contribution in [0.2, 0.25) is 0 Å². The summed E-state index contributed by atoms with van der Waals surface area (Å²) in [5, 5.41) is 0.723. The molecule has 1 aliphatic rings. The molecule has 0 saturated heterocycles. The number of aryl methyl sites for hydroxylation is 2. The molecule has 0 amide bonds. The highest BCUT2D eigenvalue weighted by molar-refractivity contribution is 6.10. The number of carbonyl (C=O) groups is 2. The maximum Gasteiger partial charge on any atom is 0.340 e. The van der Waals surface area contributed by atoms with E-state index in [9.17, 15) is 9.59 Å². The molecule has 126 valence electrons. The van der Waals surface area contributed by atoms with E-state index in [4.69, 9.17) is 4.74 Å². The summed E-state index contributed by atoms with van der Waals surface area (Å²) in [7, 11) is 1.35. The fourth-order valence-electron chi connectivity index (χ4n) is 3.63. The third-order valence-electron chi connectivity index (χ3n) is 4.93. The monoisotopic (exact) mass is 333 g/mol. The van der Waals surface area contributed by atoms with Crippen LogP contribution in [-0.4, -0.2) is 23.6 Å². The Bertz CT molecular complexity index is 984. The van der Waals surface area contributed by atoms with Gasteiger partial charge in [-0.25, -0.2) is 4.79 Å². The van der Waals surface area contributed by atoms with E-state index in [1.54, 1.807) is 10.8 Å². The van der Waals surface area contributed by atoms with Gasteiger partial charge in [0.1, 0.15) is 0 Å². The molecule has 0 spiro atoms. The summed E-state index contributed by atoms with van der Waals surface area (Å²) in [6.07, 6.45) is 6.08. The summed E-state index contributed by atoms with van der Waals surface area (Å²) in [6, 6.07) is 13.3. The number of esters is 1. The maximum atomic E-state index is 13.1. The molecule has 0 unspecified atom stereocenters. The maximum absolute atomic E-state index is 13.1. The Hall–Kier alpha value is -2.88. The van der Waals surface area contributed by atoms with E-state index in [1.807, 2.05) is 36.4 Å². The van der Waals surface area contributed by atoms with E-state index in [0.29, 0.717) is 16.6 Å². The van der Waals surface area contributed by atoms with E-state index < -0.39 is 5.97 Å². The third kappa shape index (κ3) is 2.64. The van der Waals surface area contributed by atoms with E-state index >= 15 is 0 Å². The van der Waals surface area contributed by atoms with E-state index in [-0.39, 0.29) is 5.91 Å². The molecule has 4 rings (SSSR count). The van der Waals surface area contributed by atoms with Crippen molar-refractivity contribution in [3.8, 4) is 0 Å². The SMILES string of the molecule is COC(=O)c1cn(C(=O)c2ccc3c(c2)CCCC3)c2ccccc12. The van der Waals surface area contributed by atoms with Gasteiger partial charge in [0.05, 0.1) is 18.2 Å². The number of benzene rings is 2. The molecule has 0 aliphatic heterocycles. The van der Waals surface area contributed by atoms with Gasteiger partial charge in [-0.05, 0) is 55.0 Å². The van der Waals surface area contributed by atoms with Crippen LogP contribution in [0.25, 0.3) is 10.9 Å². The highest BCUT2D eigenvalue weighted by atomic mass is 16.5. The van der Waals surface area contributed by atoms with E-state index in [0.717, 1.165) is 18.2 Å². The molecule has 1 heterocycles. The van der Waals surface area contributed by atoms with Crippen molar-refractivity contribution in [2.45, 2.75) is 25.7 Å². The molecule has 4 nitrogen and oxygen atoms in total. The van der Waals surface area contributed by atoms with Gasteiger partial charge in [-0.2, -0.15) is 0 Å². The average Bonchev–Trinajstić information content (AvgIpc) is 3.06. The lowest BCUT2D eigenvalue weighted by atomic mass is 9.90. The molecule has 4 heteroatoms. The van der Waals surface area contributed by atoms with Gasteiger partial charge in [-0.15, -0.1) is 0 Å². The first-order chi connectivity index (χ1) is 12.2. The zero-order valence-electron chi connectivity index (χ0n) is 14.1. The van der Waals surface area contributed by atoms with Gasteiger partial charge in [-0.3, -0.25) is 9.36 Å². The van der Waals surface area contributed by atoms with Crippen molar-refractivity contribution in [2.24, 2.45) is 0 Å². The molecule has 1 aromatic heterocycles. The Morgan fingerprint density at radius 3 is 2.56 bits per heavy atom. The summed E-state index contributed by atoms with van der Waals surface area (Å²) >= 11 is 0. The first-order valence-corrected chi connectivity index (χ1v) is 8.54. The first-order valence-electron chi connectivity index (χ1n) is 8.54. The molecule has 0 saturated carbocycles. The van der Waals surface area contributed by atoms with Crippen LogP contribution in [0.15, 0.2) is 48.7 Å². The Morgan fingerprint density at radius 1 is 1.00 bits per heavy atom. The van der Waals surface area contributed by atoms with Crippen LogP contribution < -0.4 is 0 Å². The molecule has 0 bridgehead atoms. The summed E-state index contributed by atoms with van der Waals surface area (Å²) in [4.78, 5) is 25.1. The predicted molar refractivity (Wildman–Crippen MR) is 96.1 cm³/mol. The molecule has 3 aromatic rings. The Kier molecular flexibility index (Phi) is 3.88. The number of para-hydroxylation sites is 1. The van der Waals surface area contributed by atoms with Gasteiger partial charge in [0.25, 0.3) is 5.91 Å². The largest absolute Gasteiger partial charge is 0.465 e. The summed E-state index contributed by atoms with van der Waals surface area (Å²) in [5.74, 6) is -0.562. The number of ether oxygens (including phenoxy) is 1. The highest BCUT2D eigenvalue weighted by Gasteiger charge is 2.20. The Labute approximate surface area is 146 Å². The summed E-state index contributed by atoms with van der Waals surface area (Å²) < 4.78 is 6.40. The molecule has 1 aliphatic carbocycles. The first kappa shape index (κ1) is 15.6. The Morgan fingerprint density at radius 2 is 1.76 bits per heavy atom. The minimum atomic E-state index is -0.437. The lowest BCUT2D eigenvalue weighted by Crippen LogP contribution is -2.13. The van der Waals surface area contributed by atoms with Crippen molar-refractivity contribution >= 4 is 22.8 Å². The second kappa shape index (κ2) is 6.20. The van der Waals surface area contributed by atoms with Crippen molar-refractivity contribution in [3.63, 3.8) is 0 Å². The highest BCUT2D eigenvalue weighted by Crippen LogP contribution is 2.26. The number of aromatic nitrogens is 1. The van der Waals surface area contributed by atoms with Crippen LogP contribution >= 0.6 is 0 Å². The molecule has 0 fully saturated rings. The zero-order valence-corrected chi connectivity index (χ0v) is 14.1. The van der Waals surface area contributed by atoms with Gasteiger partial charge in [0, 0.05) is 17.1 Å². The number of fused-ring (bicyclic) bond motifs is 2. The standard InChI is InChI=1S/C21H19NO3/c1-25-21(24)18-13-22(19-9-5-4-8-17(18)19)20(23)16-11-10-14-6-2-3-7-15(14)12-16/h4-5,8-13H,2-3,6-7H2,1H3. The van der Waals surface area contributed by atoms with Gasteiger partial charge >= 0.3 is 5.97 Å². The number of hydrogen-bond donors (Lipinski definition) is 0. The van der Waals surface area contributed by atoms with Crippen LogP contribution in [-0.2, 0) is 17.6 Å². The molecule has 25 heavy (non-hydrogen) atoms. The van der Waals surface area contributed by atoms with Crippen LogP contribution in [0.4, 0.5) is 0 Å². The second-order valence-electron chi connectivity index (χ2n) is 6.42. The van der Waals surface area contributed by atoms with Crippen molar-refractivity contribution in [2.75, 3.05) is 7.11 Å². The minimum Gasteiger partial charge on any atom is -0.465 e. The van der Waals surface area contributed by atoms with Crippen LogP contribution in [0.1, 0.15) is 44.7 Å². The van der Waals surface area contributed by atoms with Crippen LogP contribution in [0.5, 0.6) is 0 Å². The second-order valence-corrected chi connectivity index (χ2v) is 6.42.